The van der Waals surface area contributed by atoms with E-state index in [-0.39, 0.29) is 0 Å². The number of hydrogen-bond donors (Lipinski definition) is 0. The highest BCUT2D eigenvalue weighted by molar-refractivity contribution is 5.31. The number of nitrogens with zero attached hydrogens (tertiary/aromatic N) is 5. The van der Waals surface area contributed by atoms with Gasteiger partial charge in [0, 0.05) is 44.4 Å². The van der Waals surface area contributed by atoms with E-state index in [2.05, 4.69) is 20.0 Å². The molecule has 0 aliphatic carbocycles. The first-order chi connectivity index (χ1) is 9.85. The van der Waals surface area contributed by atoms with E-state index in [1.54, 1.807) is 7.11 Å². The molecule has 0 spiro atoms. The Kier molecular flexibility index (Phi) is 3.92. The molecule has 1 aliphatic heterocycles. The Hall–Kier alpha value is -1.95. The van der Waals surface area contributed by atoms with Gasteiger partial charge in [-0.2, -0.15) is 5.10 Å². The summed E-state index contributed by atoms with van der Waals surface area (Å²) < 4.78 is 6.94. The molecule has 0 atom stereocenters. The van der Waals surface area contributed by atoms with Crippen LogP contribution in [0.1, 0.15) is 24.1 Å². The minimum atomic E-state index is 0.539. The van der Waals surface area contributed by atoms with Gasteiger partial charge in [-0.1, -0.05) is 0 Å². The van der Waals surface area contributed by atoms with Gasteiger partial charge >= 0.3 is 0 Å². The highest BCUT2D eigenvalue weighted by Crippen LogP contribution is 2.15. The first kappa shape index (κ1) is 13.1. The van der Waals surface area contributed by atoms with Gasteiger partial charge in [-0.05, 0) is 18.9 Å². The maximum atomic E-state index is 5.06. The average molecular weight is 273 g/mol. The van der Waals surface area contributed by atoms with Crippen LogP contribution in [0.15, 0.2) is 24.7 Å². The topological polar surface area (TPSA) is 56.1 Å². The Labute approximate surface area is 118 Å². The largest absolute Gasteiger partial charge is 0.378 e. The third-order valence-corrected chi connectivity index (χ3v) is 3.41. The van der Waals surface area contributed by atoms with E-state index < -0.39 is 0 Å². The maximum Gasteiger partial charge on any atom is 0.225 e. The van der Waals surface area contributed by atoms with Crippen LogP contribution in [-0.4, -0.2) is 39.9 Å². The van der Waals surface area contributed by atoms with E-state index in [4.69, 9.17) is 4.74 Å². The van der Waals surface area contributed by atoms with E-state index >= 15 is 0 Å². The van der Waals surface area contributed by atoms with Crippen LogP contribution in [0.2, 0.25) is 0 Å². The van der Waals surface area contributed by atoms with Gasteiger partial charge in [0.15, 0.2) is 0 Å². The van der Waals surface area contributed by atoms with E-state index in [1.807, 2.05) is 29.3 Å². The van der Waals surface area contributed by atoms with Crippen molar-refractivity contribution < 1.29 is 4.74 Å². The van der Waals surface area contributed by atoms with Crippen molar-refractivity contribution in [3.63, 3.8) is 0 Å². The summed E-state index contributed by atoms with van der Waals surface area (Å²) >= 11 is 0. The Balaban J connectivity index is 1.64. The molecule has 106 valence electrons. The second-order valence-electron chi connectivity index (χ2n) is 5.02. The number of ether oxygens (including phenoxy) is 1. The number of aromatic nitrogens is 4. The molecular weight excluding hydrogens is 254 g/mol. The van der Waals surface area contributed by atoms with Crippen LogP contribution in [0.25, 0.3) is 0 Å². The van der Waals surface area contributed by atoms with Gasteiger partial charge in [0.05, 0.1) is 18.8 Å². The van der Waals surface area contributed by atoms with Crippen molar-refractivity contribution in [3.05, 3.63) is 35.9 Å². The van der Waals surface area contributed by atoms with Crippen molar-refractivity contribution in [2.75, 3.05) is 25.1 Å². The predicted molar refractivity (Wildman–Crippen MR) is 75.5 cm³/mol. The summed E-state index contributed by atoms with van der Waals surface area (Å²) in [4.78, 5) is 11.1. The van der Waals surface area contributed by atoms with Crippen molar-refractivity contribution in [3.8, 4) is 0 Å². The molecule has 0 aromatic carbocycles. The Morgan fingerprint density at radius 1 is 1.20 bits per heavy atom. The highest BCUT2D eigenvalue weighted by Gasteiger charge is 2.14. The summed E-state index contributed by atoms with van der Waals surface area (Å²) in [6, 6.07) is 1.96. The summed E-state index contributed by atoms with van der Waals surface area (Å²) in [5.41, 5.74) is 1.99. The van der Waals surface area contributed by atoms with Crippen LogP contribution in [0.5, 0.6) is 0 Å². The van der Waals surface area contributed by atoms with E-state index in [9.17, 15) is 0 Å². The lowest BCUT2D eigenvalue weighted by Gasteiger charge is -2.14. The molecule has 0 bridgehead atoms. The van der Waals surface area contributed by atoms with Crippen LogP contribution >= 0.6 is 0 Å². The molecular formula is C14H19N5O. The average Bonchev–Trinajstić information content (AvgIpc) is 3.12. The lowest BCUT2D eigenvalue weighted by atomic mass is 10.3. The molecule has 2 aromatic rings. The molecule has 0 N–H and O–H groups in total. The van der Waals surface area contributed by atoms with Gasteiger partial charge in [0.25, 0.3) is 0 Å². The minimum absolute atomic E-state index is 0.539. The number of methoxy groups -OCH3 is 1. The quantitative estimate of drug-likeness (QED) is 0.825. The van der Waals surface area contributed by atoms with E-state index in [1.165, 1.54) is 12.8 Å². The molecule has 2 aromatic heterocycles. The summed E-state index contributed by atoms with van der Waals surface area (Å²) in [6.45, 7) is 3.36. The van der Waals surface area contributed by atoms with E-state index in [0.717, 1.165) is 30.3 Å². The molecule has 1 aliphatic rings. The number of hydrogen-bond acceptors (Lipinski definition) is 5. The molecule has 6 nitrogen and oxygen atoms in total. The molecule has 0 unspecified atom stereocenters. The summed E-state index contributed by atoms with van der Waals surface area (Å²) in [6.07, 6.45) is 8.20. The number of rotatable bonds is 5. The summed E-state index contributed by atoms with van der Waals surface area (Å²) in [5, 5.41) is 4.42. The zero-order chi connectivity index (χ0) is 13.8. The standard InChI is InChI=1S/C14H19N5O/c1-20-11-13-4-7-19(17-13)10-12-8-15-14(16-9-12)18-5-2-3-6-18/h4,7-9H,2-3,5-6,10-11H2,1H3. The highest BCUT2D eigenvalue weighted by atomic mass is 16.5. The van der Waals surface area contributed by atoms with Gasteiger partial charge in [0.2, 0.25) is 5.95 Å². The van der Waals surface area contributed by atoms with Crippen molar-refractivity contribution in [2.24, 2.45) is 0 Å². The van der Waals surface area contributed by atoms with Gasteiger partial charge in [0.1, 0.15) is 0 Å². The van der Waals surface area contributed by atoms with Gasteiger partial charge in [-0.25, -0.2) is 9.97 Å². The van der Waals surface area contributed by atoms with E-state index in [0.29, 0.717) is 13.2 Å². The van der Waals surface area contributed by atoms with Crippen molar-refractivity contribution in [2.45, 2.75) is 26.0 Å². The summed E-state index contributed by atoms with van der Waals surface area (Å²) in [5.74, 6) is 0.840. The molecule has 0 saturated carbocycles. The maximum absolute atomic E-state index is 5.06. The first-order valence-corrected chi connectivity index (χ1v) is 6.92. The molecule has 3 heterocycles. The predicted octanol–water partition coefficient (Wildman–Crippen LogP) is 1.47. The Morgan fingerprint density at radius 2 is 1.95 bits per heavy atom. The molecule has 6 heteroatoms. The van der Waals surface area contributed by atoms with Crippen molar-refractivity contribution in [1.29, 1.82) is 0 Å². The van der Waals surface area contributed by atoms with Gasteiger partial charge < -0.3 is 9.64 Å². The molecule has 20 heavy (non-hydrogen) atoms. The fourth-order valence-corrected chi connectivity index (χ4v) is 2.41. The lowest BCUT2D eigenvalue weighted by molar-refractivity contribution is 0.181. The monoisotopic (exact) mass is 273 g/mol. The minimum Gasteiger partial charge on any atom is -0.378 e. The molecule has 0 radical (unpaired) electrons. The summed E-state index contributed by atoms with van der Waals surface area (Å²) in [7, 11) is 1.67. The van der Waals surface area contributed by atoms with Crippen LogP contribution < -0.4 is 4.90 Å². The molecule has 3 rings (SSSR count). The Morgan fingerprint density at radius 3 is 2.65 bits per heavy atom. The second-order valence-corrected chi connectivity index (χ2v) is 5.02. The fraction of sp³-hybridized carbons (Fsp3) is 0.500. The third kappa shape index (κ3) is 2.96. The zero-order valence-corrected chi connectivity index (χ0v) is 11.7. The van der Waals surface area contributed by atoms with Crippen LogP contribution in [0.3, 0.4) is 0 Å². The normalized spacial score (nSPS) is 14.9. The van der Waals surface area contributed by atoms with Gasteiger partial charge in [-0.15, -0.1) is 0 Å². The van der Waals surface area contributed by atoms with Crippen molar-refractivity contribution in [1.82, 2.24) is 19.7 Å². The van der Waals surface area contributed by atoms with Crippen molar-refractivity contribution >= 4 is 5.95 Å². The number of anilines is 1. The molecule has 1 fully saturated rings. The van der Waals surface area contributed by atoms with Crippen LogP contribution in [0.4, 0.5) is 5.95 Å². The first-order valence-electron chi connectivity index (χ1n) is 6.92. The molecule has 1 saturated heterocycles. The van der Waals surface area contributed by atoms with Crippen LogP contribution in [-0.2, 0) is 17.9 Å². The van der Waals surface area contributed by atoms with Gasteiger partial charge in [-0.3, -0.25) is 4.68 Å². The third-order valence-electron chi connectivity index (χ3n) is 3.41. The zero-order valence-electron chi connectivity index (χ0n) is 11.7. The fourth-order valence-electron chi connectivity index (χ4n) is 2.41. The smallest absolute Gasteiger partial charge is 0.225 e. The second kappa shape index (κ2) is 6.00. The molecule has 0 amide bonds. The van der Waals surface area contributed by atoms with Crippen LogP contribution in [0, 0.1) is 0 Å². The Bertz CT molecular complexity index is 545. The SMILES string of the molecule is COCc1ccn(Cc2cnc(N3CCCC3)nc2)n1. The lowest BCUT2D eigenvalue weighted by Crippen LogP contribution is -2.20.